The normalized spacial score (nSPS) is 13.0. The van der Waals surface area contributed by atoms with E-state index in [4.69, 9.17) is 23.2 Å². The van der Waals surface area contributed by atoms with Crippen molar-refractivity contribution in [1.29, 1.82) is 0 Å². The zero-order valence-corrected chi connectivity index (χ0v) is 15.1. The van der Waals surface area contributed by atoms with Gasteiger partial charge in [-0.1, -0.05) is 47.5 Å². The predicted molar refractivity (Wildman–Crippen MR) is 104 cm³/mol. The highest BCUT2D eigenvalue weighted by molar-refractivity contribution is 6.39. The summed E-state index contributed by atoms with van der Waals surface area (Å²) in [5, 5.41) is 4.33. The van der Waals surface area contributed by atoms with Gasteiger partial charge < -0.3 is 10.2 Å². The van der Waals surface area contributed by atoms with Gasteiger partial charge in [-0.3, -0.25) is 0 Å². The standard InChI is InChI=1S/C19H16Cl2N4/c1-12-11-17(23-18-14(20)6-4-7-15(18)21)24-19(22-12)25-10-9-13-5-2-3-8-16(13)25/h2-8,11H,9-10H2,1H3,(H,22,23,24). The maximum atomic E-state index is 6.25. The molecule has 0 saturated carbocycles. The second-order valence-corrected chi connectivity index (χ2v) is 6.76. The molecular formula is C19H16Cl2N4. The van der Waals surface area contributed by atoms with Gasteiger partial charge in [-0.05, 0) is 37.1 Å². The monoisotopic (exact) mass is 370 g/mol. The molecule has 1 aliphatic heterocycles. The van der Waals surface area contributed by atoms with Crippen LogP contribution < -0.4 is 10.2 Å². The van der Waals surface area contributed by atoms with E-state index in [2.05, 4.69) is 38.4 Å². The van der Waals surface area contributed by atoms with Gasteiger partial charge in [0.05, 0.1) is 15.7 Å². The Bertz CT molecular complexity index is 922. The van der Waals surface area contributed by atoms with Crippen molar-refractivity contribution in [1.82, 2.24) is 9.97 Å². The first-order valence-corrected chi connectivity index (χ1v) is 8.79. The van der Waals surface area contributed by atoms with Gasteiger partial charge in [-0.2, -0.15) is 4.98 Å². The second kappa shape index (κ2) is 6.54. The molecule has 0 unspecified atom stereocenters. The van der Waals surface area contributed by atoms with Crippen molar-refractivity contribution in [2.45, 2.75) is 13.3 Å². The van der Waals surface area contributed by atoms with E-state index in [1.807, 2.05) is 25.1 Å². The Balaban J connectivity index is 1.71. The summed E-state index contributed by atoms with van der Waals surface area (Å²) in [6, 6.07) is 15.6. The van der Waals surface area contributed by atoms with Crippen LogP contribution in [-0.4, -0.2) is 16.5 Å². The lowest BCUT2D eigenvalue weighted by Crippen LogP contribution is -2.17. The Labute approximate surface area is 156 Å². The third-order valence-electron chi connectivity index (χ3n) is 4.19. The van der Waals surface area contributed by atoms with Crippen LogP contribution in [0.25, 0.3) is 0 Å². The Kier molecular flexibility index (Phi) is 4.24. The molecule has 0 saturated heterocycles. The number of hydrogen-bond donors (Lipinski definition) is 1. The summed E-state index contributed by atoms with van der Waals surface area (Å²) in [5.41, 5.74) is 4.00. The third kappa shape index (κ3) is 3.15. The summed E-state index contributed by atoms with van der Waals surface area (Å²) in [7, 11) is 0. The van der Waals surface area contributed by atoms with Crippen molar-refractivity contribution in [2.24, 2.45) is 0 Å². The van der Waals surface area contributed by atoms with E-state index >= 15 is 0 Å². The number of rotatable bonds is 3. The molecule has 0 spiro atoms. The quantitative estimate of drug-likeness (QED) is 0.657. The zero-order chi connectivity index (χ0) is 17.4. The zero-order valence-electron chi connectivity index (χ0n) is 13.6. The Morgan fingerprint density at radius 3 is 2.56 bits per heavy atom. The predicted octanol–water partition coefficient (Wildman–Crippen LogP) is 5.53. The fourth-order valence-electron chi connectivity index (χ4n) is 3.03. The number of para-hydroxylation sites is 2. The van der Waals surface area contributed by atoms with E-state index in [1.54, 1.807) is 12.1 Å². The van der Waals surface area contributed by atoms with E-state index in [-0.39, 0.29) is 0 Å². The minimum absolute atomic E-state index is 0.553. The van der Waals surface area contributed by atoms with E-state index < -0.39 is 0 Å². The fraction of sp³-hybridized carbons (Fsp3) is 0.158. The molecule has 1 aliphatic rings. The maximum absolute atomic E-state index is 6.25. The molecule has 1 aromatic heterocycles. The molecule has 25 heavy (non-hydrogen) atoms. The SMILES string of the molecule is Cc1cc(Nc2c(Cl)cccc2Cl)nc(N2CCc3ccccc32)n1. The van der Waals surface area contributed by atoms with Gasteiger partial charge in [-0.15, -0.1) is 0 Å². The minimum Gasteiger partial charge on any atom is -0.338 e. The van der Waals surface area contributed by atoms with E-state index in [9.17, 15) is 0 Å². The van der Waals surface area contributed by atoms with Crippen LogP contribution >= 0.6 is 23.2 Å². The molecule has 0 bridgehead atoms. The van der Waals surface area contributed by atoms with Crippen LogP contribution in [0, 0.1) is 6.92 Å². The van der Waals surface area contributed by atoms with Crippen molar-refractivity contribution in [3.63, 3.8) is 0 Å². The van der Waals surface area contributed by atoms with Gasteiger partial charge in [-0.25, -0.2) is 4.98 Å². The van der Waals surface area contributed by atoms with Gasteiger partial charge in [0.25, 0.3) is 0 Å². The summed E-state index contributed by atoms with van der Waals surface area (Å²) in [4.78, 5) is 11.4. The van der Waals surface area contributed by atoms with Gasteiger partial charge in [0.2, 0.25) is 5.95 Å². The molecule has 0 fully saturated rings. The Morgan fingerprint density at radius 1 is 1.00 bits per heavy atom. The lowest BCUT2D eigenvalue weighted by atomic mass is 10.2. The van der Waals surface area contributed by atoms with Crippen LogP contribution in [-0.2, 0) is 6.42 Å². The van der Waals surface area contributed by atoms with Crippen LogP contribution in [0.1, 0.15) is 11.3 Å². The number of anilines is 4. The number of fused-ring (bicyclic) bond motifs is 1. The van der Waals surface area contributed by atoms with Gasteiger partial charge in [0.15, 0.2) is 0 Å². The molecule has 4 rings (SSSR count). The first-order valence-electron chi connectivity index (χ1n) is 8.04. The van der Waals surface area contributed by atoms with Crippen LogP contribution in [0.4, 0.5) is 23.1 Å². The van der Waals surface area contributed by atoms with E-state index in [0.717, 1.165) is 24.3 Å². The van der Waals surface area contributed by atoms with Crippen molar-refractivity contribution in [3.8, 4) is 0 Å². The van der Waals surface area contributed by atoms with Crippen LogP contribution in [0.2, 0.25) is 10.0 Å². The number of benzene rings is 2. The molecule has 2 aromatic carbocycles. The highest BCUT2D eigenvalue weighted by atomic mass is 35.5. The molecular weight excluding hydrogens is 355 g/mol. The summed E-state index contributed by atoms with van der Waals surface area (Å²) in [6.07, 6.45) is 0.993. The molecule has 126 valence electrons. The number of nitrogens with zero attached hydrogens (tertiary/aromatic N) is 3. The van der Waals surface area contributed by atoms with Crippen molar-refractivity contribution in [2.75, 3.05) is 16.8 Å². The van der Waals surface area contributed by atoms with Crippen molar-refractivity contribution < 1.29 is 0 Å². The molecule has 3 aromatic rings. The largest absolute Gasteiger partial charge is 0.338 e. The Morgan fingerprint density at radius 2 is 1.76 bits per heavy atom. The first kappa shape index (κ1) is 16.2. The summed E-state index contributed by atoms with van der Waals surface area (Å²) >= 11 is 12.5. The van der Waals surface area contributed by atoms with Gasteiger partial charge in [0.1, 0.15) is 5.82 Å². The number of aryl methyl sites for hydroxylation is 1. The summed E-state index contributed by atoms with van der Waals surface area (Å²) in [5.74, 6) is 1.34. The van der Waals surface area contributed by atoms with Crippen LogP contribution in [0.15, 0.2) is 48.5 Å². The molecule has 0 radical (unpaired) electrons. The number of nitrogens with one attached hydrogen (secondary N) is 1. The topological polar surface area (TPSA) is 41.1 Å². The molecule has 2 heterocycles. The molecule has 0 atom stereocenters. The molecule has 6 heteroatoms. The molecule has 4 nitrogen and oxygen atoms in total. The number of halogens is 2. The highest BCUT2D eigenvalue weighted by Gasteiger charge is 2.22. The summed E-state index contributed by atoms with van der Waals surface area (Å²) in [6.45, 7) is 2.82. The fourth-order valence-corrected chi connectivity index (χ4v) is 3.52. The van der Waals surface area contributed by atoms with E-state index in [0.29, 0.717) is 27.5 Å². The first-order chi connectivity index (χ1) is 12.1. The second-order valence-electron chi connectivity index (χ2n) is 5.95. The minimum atomic E-state index is 0.553. The Hall–Kier alpha value is -2.30. The maximum Gasteiger partial charge on any atom is 0.232 e. The smallest absolute Gasteiger partial charge is 0.232 e. The lowest BCUT2D eigenvalue weighted by Gasteiger charge is -2.19. The van der Waals surface area contributed by atoms with Gasteiger partial charge >= 0.3 is 0 Å². The lowest BCUT2D eigenvalue weighted by molar-refractivity contribution is 0.931. The van der Waals surface area contributed by atoms with Crippen molar-refractivity contribution in [3.05, 3.63) is 69.8 Å². The average Bonchev–Trinajstić information content (AvgIpc) is 3.02. The van der Waals surface area contributed by atoms with Gasteiger partial charge in [0, 0.05) is 24.0 Å². The van der Waals surface area contributed by atoms with Crippen LogP contribution in [0.3, 0.4) is 0 Å². The third-order valence-corrected chi connectivity index (χ3v) is 4.82. The molecule has 0 aliphatic carbocycles. The summed E-state index contributed by atoms with van der Waals surface area (Å²) < 4.78 is 0. The molecule has 0 amide bonds. The average molecular weight is 371 g/mol. The van der Waals surface area contributed by atoms with Crippen LogP contribution in [0.5, 0.6) is 0 Å². The highest BCUT2D eigenvalue weighted by Crippen LogP contribution is 2.35. The number of hydrogen-bond acceptors (Lipinski definition) is 4. The van der Waals surface area contributed by atoms with Crippen molar-refractivity contribution >= 4 is 46.3 Å². The van der Waals surface area contributed by atoms with E-state index in [1.165, 1.54) is 5.56 Å². The number of aromatic nitrogens is 2. The molecule has 1 N–H and O–H groups in total.